The van der Waals surface area contributed by atoms with Crippen LogP contribution in [0.5, 0.6) is 0 Å². The Morgan fingerprint density at radius 2 is 1.94 bits per heavy atom. The van der Waals surface area contributed by atoms with Crippen LogP contribution in [-0.4, -0.2) is 17.7 Å². The van der Waals surface area contributed by atoms with Crippen LogP contribution in [0.2, 0.25) is 0 Å². The molecule has 4 heteroatoms. The number of rotatable bonds is 5. The lowest BCUT2D eigenvalue weighted by Crippen LogP contribution is -2.31. The quantitative estimate of drug-likeness (QED) is 0.813. The number of aliphatic hydroxyl groups is 1. The summed E-state index contributed by atoms with van der Waals surface area (Å²) in [5.74, 6) is 0. The topological polar surface area (TPSA) is 32.3 Å². The van der Waals surface area contributed by atoms with Crippen LogP contribution < -0.4 is 5.32 Å². The molecule has 16 heavy (non-hydrogen) atoms. The highest BCUT2D eigenvalue weighted by molar-refractivity contribution is 5.26. The second kappa shape index (κ2) is 5.92. The van der Waals surface area contributed by atoms with Crippen LogP contribution in [0.25, 0.3) is 0 Å². The van der Waals surface area contributed by atoms with Crippen molar-refractivity contribution in [1.82, 2.24) is 5.32 Å². The molecule has 1 rings (SSSR count). The molecule has 0 amide bonds. The zero-order chi connectivity index (χ0) is 12.1. The fourth-order valence-electron chi connectivity index (χ4n) is 1.60. The third-order valence-electron chi connectivity index (χ3n) is 2.50. The van der Waals surface area contributed by atoms with Gasteiger partial charge in [-0.25, -0.2) is 8.78 Å². The van der Waals surface area contributed by atoms with Gasteiger partial charge in [0.25, 0.3) is 6.43 Å². The van der Waals surface area contributed by atoms with Crippen molar-refractivity contribution >= 4 is 0 Å². The van der Waals surface area contributed by atoms with E-state index < -0.39 is 12.5 Å². The number of likely N-dealkylation sites (N-methyl/N-ethyl adjacent to an activating group) is 1. The predicted molar refractivity (Wildman–Crippen MR) is 59.5 cm³/mol. The Morgan fingerprint density at radius 3 is 2.50 bits per heavy atom. The highest BCUT2D eigenvalue weighted by atomic mass is 19.3. The van der Waals surface area contributed by atoms with E-state index in [0.717, 1.165) is 6.54 Å². The molecule has 2 nitrogen and oxygen atoms in total. The number of nitrogens with one attached hydrogen (secondary N) is 1. The Kier molecular flexibility index (Phi) is 4.83. The third-order valence-corrected chi connectivity index (χ3v) is 2.50. The number of hydrogen-bond donors (Lipinski definition) is 2. The van der Waals surface area contributed by atoms with E-state index in [9.17, 15) is 13.9 Å². The van der Waals surface area contributed by atoms with E-state index in [1.807, 2.05) is 13.8 Å². The standard InChI is InChI=1S/C12H17F2NO/c1-3-15-8(2)11(16)9-5-4-6-10(7-9)12(13)14/h4-8,11-12,15-16H,3H2,1-2H3. The molecule has 0 aliphatic carbocycles. The molecule has 0 radical (unpaired) electrons. The number of halogens is 2. The number of benzene rings is 1. The Labute approximate surface area is 94.3 Å². The van der Waals surface area contributed by atoms with Gasteiger partial charge in [0.1, 0.15) is 0 Å². The van der Waals surface area contributed by atoms with E-state index in [1.165, 1.54) is 12.1 Å². The van der Waals surface area contributed by atoms with Crippen LogP contribution in [0.4, 0.5) is 8.78 Å². The molecule has 0 spiro atoms. The average Bonchev–Trinajstić information content (AvgIpc) is 2.28. The fourth-order valence-corrected chi connectivity index (χ4v) is 1.60. The van der Waals surface area contributed by atoms with Crippen molar-refractivity contribution in [3.8, 4) is 0 Å². The van der Waals surface area contributed by atoms with E-state index in [-0.39, 0.29) is 11.6 Å². The highest BCUT2D eigenvalue weighted by Gasteiger charge is 2.17. The van der Waals surface area contributed by atoms with Crippen molar-refractivity contribution in [1.29, 1.82) is 0 Å². The normalized spacial score (nSPS) is 15.1. The Bertz CT molecular complexity index is 331. The average molecular weight is 229 g/mol. The molecular weight excluding hydrogens is 212 g/mol. The molecule has 90 valence electrons. The van der Waals surface area contributed by atoms with E-state index >= 15 is 0 Å². The van der Waals surface area contributed by atoms with Crippen molar-refractivity contribution in [3.05, 3.63) is 35.4 Å². The Morgan fingerprint density at radius 1 is 1.31 bits per heavy atom. The summed E-state index contributed by atoms with van der Waals surface area (Å²) in [5, 5.41) is 13.0. The Hall–Kier alpha value is -1.00. The molecule has 0 fully saturated rings. The lowest BCUT2D eigenvalue weighted by Gasteiger charge is -2.20. The van der Waals surface area contributed by atoms with Crippen molar-refractivity contribution in [2.24, 2.45) is 0 Å². The van der Waals surface area contributed by atoms with E-state index in [1.54, 1.807) is 12.1 Å². The summed E-state index contributed by atoms with van der Waals surface area (Å²) < 4.78 is 24.9. The van der Waals surface area contributed by atoms with Crippen LogP contribution in [0.15, 0.2) is 24.3 Å². The van der Waals surface area contributed by atoms with Gasteiger partial charge >= 0.3 is 0 Å². The largest absolute Gasteiger partial charge is 0.387 e. The maximum Gasteiger partial charge on any atom is 0.263 e. The van der Waals surface area contributed by atoms with Crippen LogP contribution in [0.3, 0.4) is 0 Å². The van der Waals surface area contributed by atoms with Crippen molar-refractivity contribution < 1.29 is 13.9 Å². The van der Waals surface area contributed by atoms with Gasteiger partial charge in [0.2, 0.25) is 0 Å². The maximum atomic E-state index is 12.5. The summed E-state index contributed by atoms with van der Waals surface area (Å²) in [7, 11) is 0. The lowest BCUT2D eigenvalue weighted by molar-refractivity contribution is 0.134. The molecule has 2 atom stereocenters. The minimum atomic E-state index is -2.50. The second-order valence-electron chi connectivity index (χ2n) is 3.76. The second-order valence-corrected chi connectivity index (χ2v) is 3.76. The van der Waals surface area contributed by atoms with Gasteiger partial charge in [-0.05, 0) is 25.1 Å². The third kappa shape index (κ3) is 3.25. The van der Waals surface area contributed by atoms with Crippen molar-refractivity contribution in [3.63, 3.8) is 0 Å². The van der Waals surface area contributed by atoms with Crippen molar-refractivity contribution in [2.45, 2.75) is 32.4 Å². The van der Waals surface area contributed by atoms with E-state index in [4.69, 9.17) is 0 Å². The van der Waals surface area contributed by atoms with Crippen LogP contribution >= 0.6 is 0 Å². The molecule has 0 saturated carbocycles. The lowest BCUT2D eigenvalue weighted by atomic mass is 10.0. The summed E-state index contributed by atoms with van der Waals surface area (Å²) >= 11 is 0. The smallest absolute Gasteiger partial charge is 0.263 e. The SMILES string of the molecule is CCNC(C)C(O)c1cccc(C(F)F)c1. The minimum Gasteiger partial charge on any atom is -0.387 e. The minimum absolute atomic E-state index is 0.0553. The molecule has 0 bridgehead atoms. The highest BCUT2D eigenvalue weighted by Crippen LogP contribution is 2.23. The van der Waals surface area contributed by atoms with Gasteiger partial charge in [0, 0.05) is 11.6 Å². The summed E-state index contributed by atoms with van der Waals surface area (Å²) in [4.78, 5) is 0. The first-order chi connectivity index (χ1) is 7.56. The van der Waals surface area contributed by atoms with E-state index in [0.29, 0.717) is 5.56 Å². The van der Waals surface area contributed by atoms with Gasteiger partial charge in [-0.15, -0.1) is 0 Å². The molecule has 2 unspecified atom stereocenters. The molecule has 0 aliphatic rings. The molecule has 2 N–H and O–H groups in total. The summed E-state index contributed by atoms with van der Waals surface area (Å²) in [5.41, 5.74) is 0.464. The summed E-state index contributed by atoms with van der Waals surface area (Å²) in [6, 6.07) is 5.75. The number of aliphatic hydroxyl groups excluding tert-OH is 1. The summed E-state index contributed by atoms with van der Waals surface area (Å²) in [6.45, 7) is 4.48. The fraction of sp³-hybridized carbons (Fsp3) is 0.500. The van der Waals surface area contributed by atoms with Gasteiger partial charge in [0.15, 0.2) is 0 Å². The molecule has 0 aromatic heterocycles. The van der Waals surface area contributed by atoms with Crippen LogP contribution in [0.1, 0.15) is 37.5 Å². The molecule has 1 aromatic rings. The first-order valence-corrected chi connectivity index (χ1v) is 5.35. The van der Waals surface area contributed by atoms with Gasteiger partial charge in [-0.1, -0.05) is 25.1 Å². The molecule has 0 aliphatic heterocycles. The molecule has 0 heterocycles. The number of hydrogen-bond acceptors (Lipinski definition) is 2. The monoisotopic (exact) mass is 229 g/mol. The van der Waals surface area contributed by atoms with Crippen molar-refractivity contribution in [2.75, 3.05) is 6.54 Å². The molecule has 1 aromatic carbocycles. The zero-order valence-corrected chi connectivity index (χ0v) is 9.45. The number of alkyl halides is 2. The first-order valence-electron chi connectivity index (χ1n) is 5.35. The summed E-state index contributed by atoms with van der Waals surface area (Å²) in [6.07, 6.45) is -3.26. The van der Waals surface area contributed by atoms with Gasteiger partial charge < -0.3 is 10.4 Å². The maximum absolute atomic E-state index is 12.5. The van der Waals surface area contributed by atoms with Crippen LogP contribution in [0, 0.1) is 0 Å². The Balaban J connectivity index is 2.82. The zero-order valence-electron chi connectivity index (χ0n) is 9.45. The molecular formula is C12H17F2NO. The van der Waals surface area contributed by atoms with E-state index in [2.05, 4.69) is 5.32 Å². The predicted octanol–water partition coefficient (Wildman–Crippen LogP) is 2.66. The molecule has 0 saturated heterocycles. The van der Waals surface area contributed by atoms with Gasteiger partial charge in [0.05, 0.1) is 6.10 Å². The van der Waals surface area contributed by atoms with Gasteiger partial charge in [-0.3, -0.25) is 0 Å². The van der Waals surface area contributed by atoms with Crippen LogP contribution in [-0.2, 0) is 0 Å². The first kappa shape index (κ1) is 13.1. The van der Waals surface area contributed by atoms with Gasteiger partial charge in [-0.2, -0.15) is 0 Å².